The zero-order valence-corrected chi connectivity index (χ0v) is 18.9. The number of carbonyl (C=O) groups excluding carboxylic acids is 1. The Bertz CT molecular complexity index is 971. The number of hydrogen-bond donors (Lipinski definition) is 0. The lowest BCUT2D eigenvalue weighted by atomic mass is 9.84. The van der Waals surface area contributed by atoms with Crippen LogP contribution in [0.4, 0.5) is 18.0 Å². The second-order valence-corrected chi connectivity index (χ2v) is 9.81. The summed E-state index contributed by atoms with van der Waals surface area (Å²) in [6, 6.07) is 6.01. The predicted octanol–water partition coefficient (Wildman–Crippen LogP) is 4.94. The molecule has 0 bridgehead atoms. The van der Waals surface area contributed by atoms with Crippen LogP contribution in [0.5, 0.6) is 5.75 Å². The Morgan fingerprint density at radius 2 is 1.73 bits per heavy atom. The number of halogens is 3. The van der Waals surface area contributed by atoms with Crippen LogP contribution in [0, 0.1) is 0 Å². The van der Waals surface area contributed by atoms with Gasteiger partial charge < -0.3 is 19.3 Å². The van der Waals surface area contributed by atoms with Crippen LogP contribution in [0.15, 0.2) is 29.6 Å². The number of likely N-dealkylation sites (tertiary alicyclic amines) is 1. The summed E-state index contributed by atoms with van der Waals surface area (Å²) < 4.78 is 47.0. The van der Waals surface area contributed by atoms with Crippen LogP contribution in [-0.4, -0.2) is 66.6 Å². The summed E-state index contributed by atoms with van der Waals surface area (Å²) in [4.78, 5) is 21.9. The second-order valence-electron chi connectivity index (χ2n) is 8.92. The Labute approximate surface area is 194 Å². The first-order chi connectivity index (χ1) is 15.9. The van der Waals surface area contributed by atoms with E-state index in [-0.39, 0.29) is 23.6 Å². The lowest BCUT2D eigenvalue weighted by Crippen LogP contribution is -2.52. The number of ether oxygens (including phenoxy) is 2. The number of carbonyl (C=O) groups is 1. The van der Waals surface area contributed by atoms with Crippen molar-refractivity contribution in [1.82, 2.24) is 14.8 Å². The SMILES string of the molecule is O=C(N1CCOCC1)N1CC(c2ccc(OC(F)(F)F)cc2)CC(c2nc(C3CC3)cs2)C1. The minimum Gasteiger partial charge on any atom is -0.406 e. The van der Waals surface area contributed by atoms with Gasteiger partial charge in [0.1, 0.15) is 5.75 Å². The summed E-state index contributed by atoms with van der Waals surface area (Å²) in [6.07, 6.45) is -1.55. The number of nitrogens with zero attached hydrogens (tertiary/aromatic N) is 3. The Balaban J connectivity index is 1.36. The van der Waals surface area contributed by atoms with Crippen LogP contribution in [0.1, 0.15) is 53.3 Å². The van der Waals surface area contributed by atoms with Gasteiger partial charge in [-0.3, -0.25) is 0 Å². The molecule has 33 heavy (non-hydrogen) atoms. The molecule has 0 spiro atoms. The number of aromatic nitrogens is 1. The maximum atomic E-state index is 13.3. The fraction of sp³-hybridized carbons (Fsp3) is 0.565. The monoisotopic (exact) mass is 481 g/mol. The molecule has 6 nitrogen and oxygen atoms in total. The fourth-order valence-electron chi connectivity index (χ4n) is 4.63. The summed E-state index contributed by atoms with van der Waals surface area (Å²) in [5.41, 5.74) is 2.05. The van der Waals surface area contributed by atoms with Gasteiger partial charge in [0.05, 0.1) is 23.9 Å². The van der Waals surface area contributed by atoms with E-state index >= 15 is 0 Å². The molecule has 1 aliphatic carbocycles. The first-order valence-corrected chi connectivity index (χ1v) is 12.2. The minimum atomic E-state index is -4.72. The van der Waals surface area contributed by atoms with E-state index in [1.807, 2.05) is 9.80 Å². The average Bonchev–Trinajstić information content (AvgIpc) is 3.54. The van der Waals surface area contributed by atoms with Gasteiger partial charge in [-0.1, -0.05) is 12.1 Å². The molecule has 2 atom stereocenters. The smallest absolute Gasteiger partial charge is 0.406 e. The third-order valence-electron chi connectivity index (χ3n) is 6.47. The fourth-order valence-corrected chi connectivity index (χ4v) is 5.63. The summed E-state index contributed by atoms with van der Waals surface area (Å²) in [6.45, 7) is 3.32. The molecule has 0 N–H and O–H groups in total. The molecule has 1 aromatic heterocycles. The molecule has 3 heterocycles. The molecule has 5 rings (SSSR count). The molecule has 2 aliphatic heterocycles. The van der Waals surface area contributed by atoms with E-state index in [1.54, 1.807) is 23.5 Å². The van der Waals surface area contributed by atoms with Gasteiger partial charge in [0.15, 0.2) is 0 Å². The van der Waals surface area contributed by atoms with E-state index in [2.05, 4.69) is 10.1 Å². The molecule has 3 fully saturated rings. The van der Waals surface area contributed by atoms with E-state index < -0.39 is 6.36 Å². The van der Waals surface area contributed by atoms with Crippen molar-refractivity contribution in [2.75, 3.05) is 39.4 Å². The number of piperidine rings is 1. The van der Waals surface area contributed by atoms with Crippen molar-refractivity contribution in [3.63, 3.8) is 0 Å². The van der Waals surface area contributed by atoms with E-state index in [0.29, 0.717) is 45.3 Å². The van der Waals surface area contributed by atoms with Gasteiger partial charge in [0.2, 0.25) is 0 Å². The van der Waals surface area contributed by atoms with Crippen LogP contribution in [0.3, 0.4) is 0 Å². The van der Waals surface area contributed by atoms with Gasteiger partial charge in [0.25, 0.3) is 0 Å². The first-order valence-electron chi connectivity index (χ1n) is 11.3. The molecule has 10 heteroatoms. The van der Waals surface area contributed by atoms with Crippen LogP contribution in [-0.2, 0) is 4.74 Å². The zero-order valence-electron chi connectivity index (χ0n) is 18.1. The average molecular weight is 482 g/mol. The van der Waals surface area contributed by atoms with Crippen molar-refractivity contribution in [1.29, 1.82) is 0 Å². The highest BCUT2D eigenvalue weighted by atomic mass is 32.1. The van der Waals surface area contributed by atoms with Crippen molar-refractivity contribution in [2.24, 2.45) is 0 Å². The van der Waals surface area contributed by atoms with Crippen LogP contribution >= 0.6 is 11.3 Å². The van der Waals surface area contributed by atoms with E-state index in [1.165, 1.54) is 25.0 Å². The maximum Gasteiger partial charge on any atom is 0.573 e. The van der Waals surface area contributed by atoms with Gasteiger partial charge >= 0.3 is 12.4 Å². The number of urea groups is 1. The third kappa shape index (κ3) is 5.43. The molecule has 1 saturated carbocycles. The molecule has 1 aromatic carbocycles. The second kappa shape index (κ2) is 9.13. The molecular formula is C23H26F3N3O3S. The van der Waals surface area contributed by atoms with Gasteiger partial charge in [-0.05, 0) is 37.0 Å². The summed E-state index contributed by atoms with van der Waals surface area (Å²) >= 11 is 1.65. The summed E-state index contributed by atoms with van der Waals surface area (Å²) in [7, 11) is 0. The number of thiazole rings is 1. The first kappa shape index (κ1) is 22.5. The van der Waals surface area contributed by atoms with Crippen LogP contribution < -0.4 is 4.74 Å². The van der Waals surface area contributed by atoms with Crippen LogP contribution in [0.2, 0.25) is 0 Å². The van der Waals surface area contributed by atoms with Crippen molar-refractivity contribution in [3.05, 3.63) is 45.9 Å². The summed E-state index contributed by atoms with van der Waals surface area (Å²) in [5, 5.41) is 3.17. The number of benzene rings is 1. The molecule has 178 valence electrons. The normalized spacial score (nSPS) is 24.1. The van der Waals surface area contributed by atoms with Gasteiger partial charge in [-0.25, -0.2) is 9.78 Å². The van der Waals surface area contributed by atoms with Crippen molar-refractivity contribution in [2.45, 2.75) is 43.4 Å². The highest BCUT2D eigenvalue weighted by Gasteiger charge is 2.36. The van der Waals surface area contributed by atoms with E-state index in [0.717, 1.165) is 22.7 Å². The quantitative estimate of drug-likeness (QED) is 0.621. The Kier molecular flexibility index (Phi) is 6.22. The largest absolute Gasteiger partial charge is 0.573 e. The molecule has 2 saturated heterocycles. The lowest BCUT2D eigenvalue weighted by Gasteiger charge is -2.40. The number of morpholine rings is 1. The molecule has 3 aliphatic rings. The Morgan fingerprint density at radius 1 is 1.03 bits per heavy atom. The lowest BCUT2D eigenvalue weighted by molar-refractivity contribution is -0.274. The maximum absolute atomic E-state index is 13.3. The van der Waals surface area contributed by atoms with E-state index in [9.17, 15) is 18.0 Å². The third-order valence-corrected chi connectivity index (χ3v) is 7.50. The van der Waals surface area contributed by atoms with Gasteiger partial charge in [-0.15, -0.1) is 24.5 Å². The number of amides is 2. The molecule has 2 unspecified atom stereocenters. The minimum absolute atomic E-state index is 0.00181. The van der Waals surface area contributed by atoms with Crippen molar-refractivity contribution >= 4 is 17.4 Å². The molecule has 2 amide bonds. The molecular weight excluding hydrogens is 455 g/mol. The Hall–Kier alpha value is -2.33. The molecule has 0 radical (unpaired) electrons. The van der Waals surface area contributed by atoms with Crippen LogP contribution in [0.25, 0.3) is 0 Å². The van der Waals surface area contributed by atoms with Crippen molar-refractivity contribution in [3.8, 4) is 5.75 Å². The number of alkyl halides is 3. The zero-order chi connectivity index (χ0) is 23.0. The highest BCUT2D eigenvalue weighted by molar-refractivity contribution is 7.09. The van der Waals surface area contributed by atoms with Gasteiger partial charge in [0, 0.05) is 49.3 Å². The van der Waals surface area contributed by atoms with Gasteiger partial charge in [-0.2, -0.15) is 0 Å². The van der Waals surface area contributed by atoms with Crippen molar-refractivity contribution < 1.29 is 27.4 Å². The standard InChI is InChI=1S/C23H26F3N3O3S/c24-23(25,26)32-19-5-3-15(4-6-19)17-11-18(21-27-20(14-33-21)16-1-2-16)13-29(12-17)22(30)28-7-9-31-10-8-28/h3-6,14,16-18H,1-2,7-13H2. The number of hydrogen-bond acceptors (Lipinski definition) is 5. The highest BCUT2D eigenvalue weighted by Crippen LogP contribution is 2.43. The topological polar surface area (TPSA) is 54.9 Å². The predicted molar refractivity (Wildman–Crippen MR) is 117 cm³/mol. The number of rotatable bonds is 4. The summed E-state index contributed by atoms with van der Waals surface area (Å²) in [5.74, 6) is 0.426. The molecule has 2 aromatic rings. The van der Waals surface area contributed by atoms with E-state index in [4.69, 9.17) is 9.72 Å². The Morgan fingerprint density at radius 3 is 2.39 bits per heavy atom.